The highest BCUT2D eigenvalue weighted by atomic mass is 32.2. The van der Waals surface area contributed by atoms with Gasteiger partial charge in [0.15, 0.2) is 5.65 Å². The summed E-state index contributed by atoms with van der Waals surface area (Å²) < 4.78 is 27.7. The molecule has 3 aromatic rings. The van der Waals surface area contributed by atoms with E-state index in [1.807, 2.05) is 12.3 Å². The fraction of sp³-hybridized carbons (Fsp3) is 0.458. The van der Waals surface area contributed by atoms with E-state index in [0.29, 0.717) is 5.82 Å². The number of sulfonamides is 1. The first-order chi connectivity index (χ1) is 17.0. The van der Waals surface area contributed by atoms with E-state index in [1.54, 1.807) is 28.8 Å². The van der Waals surface area contributed by atoms with Gasteiger partial charge in [0.2, 0.25) is 10.0 Å². The molecule has 0 radical (unpaired) electrons. The molecular weight excluding hydrogens is 480 g/mol. The van der Waals surface area contributed by atoms with Crippen molar-refractivity contribution in [2.24, 2.45) is 5.73 Å². The molecule has 0 unspecified atom stereocenters. The van der Waals surface area contributed by atoms with Gasteiger partial charge < -0.3 is 21.7 Å². The summed E-state index contributed by atoms with van der Waals surface area (Å²) in [6.07, 6.45) is 5.30. The van der Waals surface area contributed by atoms with Crippen molar-refractivity contribution in [3.05, 3.63) is 42.1 Å². The Bertz CT molecular complexity index is 1330. The highest BCUT2D eigenvalue weighted by Gasteiger charge is 2.23. The molecule has 1 aliphatic carbocycles. The molecule has 1 saturated carbocycles. The Morgan fingerprint density at radius 3 is 2.33 bits per heavy atom. The van der Waals surface area contributed by atoms with Crippen LogP contribution in [0.25, 0.3) is 5.65 Å². The van der Waals surface area contributed by atoms with Crippen LogP contribution in [0.4, 0.5) is 22.1 Å². The first-order valence-corrected chi connectivity index (χ1v) is 13.5. The molecule has 4 rings (SSSR count). The molecule has 2 aromatic heterocycles. The van der Waals surface area contributed by atoms with Crippen LogP contribution in [0.3, 0.4) is 0 Å². The number of hydrogen-bond acceptors (Lipinski definition) is 7. The Labute approximate surface area is 211 Å². The number of carbonyl (C=O) groups excluding carboxylic acids is 1. The summed E-state index contributed by atoms with van der Waals surface area (Å²) in [7, 11) is -0.487. The third kappa shape index (κ3) is 5.54. The lowest BCUT2D eigenvalue weighted by Gasteiger charge is -2.29. The molecule has 36 heavy (non-hydrogen) atoms. The number of hydrogen-bond donors (Lipinski definition) is 4. The molecule has 2 heterocycles. The van der Waals surface area contributed by atoms with E-state index in [0.717, 1.165) is 48.4 Å². The molecule has 11 nitrogen and oxygen atoms in total. The summed E-state index contributed by atoms with van der Waals surface area (Å²) in [4.78, 5) is 16.2. The number of carbonyl (C=O) groups is 1. The maximum Gasteiger partial charge on any atom is 0.312 e. The minimum Gasteiger partial charge on any atom is -0.367 e. The molecule has 0 spiro atoms. The van der Waals surface area contributed by atoms with E-state index in [-0.39, 0.29) is 22.9 Å². The van der Waals surface area contributed by atoms with Crippen LogP contribution in [0.5, 0.6) is 0 Å². The second kappa shape index (κ2) is 10.3. The lowest BCUT2D eigenvalue weighted by Crippen LogP contribution is -2.42. The summed E-state index contributed by atoms with van der Waals surface area (Å²) in [5, 5.41) is 14.3. The van der Waals surface area contributed by atoms with Gasteiger partial charge >= 0.3 is 6.03 Å². The maximum absolute atomic E-state index is 12.4. The van der Waals surface area contributed by atoms with Crippen molar-refractivity contribution in [1.29, 1.82) is 0 Å². The van der Waals surface area contributed by atoms with E-state index in [1.165, 1.54) is 18.4 Å². The summed E-state index contributed by atoms with van der Waals surface area (Å²) in [5.74, 6) is 1.68. The van der Waals surface area contributed by atoms with Gasteiger partial charge in [-0.15, -0.1) is 0 Å². The predicted molar refractivity (Wildman–Crippen MR) is 140 cm³/mol. The van der Waals surface area contributed by atoms with E-state index < -0.39 is 16.1 Å². The monoisotopic (exact) mass is 514 g/mol. The van der Waals surface area contributed by atoms with Crippen LogP contribution < -0.4 is 21.7 Å². The molecule has 2 amide bonds. The van der Waals surface area contributed by atoms with Crippen molar-refractivity contribution < 1.29 is 13.2 Å². The number of nitrogens with zero attached hydrogens (tertiary/aromatic N) is 4. The fourth-order valence-electron chi connectivity index (χ4n) is 4.41. The van der Waals surface area contributed by atoms with Crippen molar-refractivity contribution >= 4 is 39.0 Å². The molecule has 194 valence electrons. The number of primary amides is 1. The van der Waals surface area contributed by atoms with Crippen LogP contribution in [0.2, 0.25) is 0 Å². The lowest BCUT2D eigenvalue weighted by molar-refractivity contribution is 0.240. The number of rotatable bonds is 8. The van der Waals surface area contributed by atoms with Crippen molar-refractivity contribution in [1.82, 2.24) is 24.2 Å². The van der Waals surface area contributed by atoms with Gasteiger partial charge in [0.05, 0.1) is 11.1 Å². The molecule has 5 N–H and O–H groups in total. The minimum absolute atomic E-state index is 0.106. The second-order valence-corrected chi connectivity index (χ2v) is 11.8. The number of nitrogens with one attached hydrogen (secondary N) is 3. The molecular formula is C24H34N8O3S. The first-order valence-electron chi connectivity index (χ1n) is 12.1. The van der Waals surface area contributed by atoms with Gasteiger partial charge in [-0.1, -0.05) is 13.8 Å². The standard InChI is InChI=1S/C24H34N8O3S/c1-15(2)20-14-26-32-22(28-17-9-11-19(12-10-17)36(34,35)31(3)4)13-21(30-23(20)32)27-16-5-7-18(8-6-16)29-24(25)33/h9-16,18,28H,5-8H2,1-4H3,(H,27,30)(H3,25,29,33). The topological polar surface area (TPSA) is 147 Å². The Morgan fingerprint density at radius 2 is 1.75 bits per heavy atom. The van der Waals surface area contributed by atoms with Crippen LogP contribution in [-0.4, -0.2) is 59.5 Å². The molecule has 1 aromatic carbocycles. The molecule has 1 fully saturated rings. The molecule has 1 aliphatic rings. The Morgan fingerprint density at radius 1 is 1.11 bits per heavy atom. The van der Waals surface area contributed by atoms with Gasteiger partial charge in [0.25, 0.3) is 0 Å². The highest BCUT2D eigenvalue weighted by Crippen LogP contribution is 2.28. The van der Waals surface area contributed by atoms with E-state index >= 15 is 0 Å². The van der Waals surface area contributed by atoms with Crippen LogP contribution in [-0.2, 0) is 10.0 Å². The summed E-state index contributed by atoms with van der Waals surface area (Å²) in [5.41, 5.74) is 7.78. The Balaban J connectivity index is 1.59. The van der Waals surface area contributed by atoms with Crippen molar-refractivity contribution in [2.45, 2.75) is 62.4 Å². The largest absolute Gasteiger partial charge is 0.367 e. The summed E-state index contributed by atoms with van der Waals surface area (Å²) in [6.45, 7) is 4.20. The second-order valence-electron chi connectivity index (χ2n) is 9.65. The Kier molecular flexibility index (Phi) is 7.36. The van der Waals surface area contributed by atoms with Crippen molar-refractivity contribution in [3.8, 4) is 0 Å². The number of anilines is 3. The Hall–Kier alpha value is -3.38. The van der Waals surface area contributed by atoms with Gasteiger partial charge in [-0.25, -0.2) is 22.5 Å². The average molecular weight is 515 g/mol. The van der Waals surface area contributed by atoms with Crippen LogP contribution in [0, 0.1) is 0 Å². The number of aromatic nitrogens is 3. The van der Waals surface area contributed by atoms with Gasteiger partial charge in [-0.3, -0.25) is 0 Å². The minimum atomic E-state index is -3.50. The van der Waals surface area contributed by atoms with Crippen LogP contribution in [0.1, 0.15) is 51.0 Å². The summed E-state index contributed by atoms with van der Waals surface area (Å²) in [6, 6.07) is 8.37. The fourth-order valence-corrected chi connectivity index (χ4v) is 5.31. The molecule has 0 bridgehead atoms. The molecule has 12 heteroatoms. The third-order valence-corrected chi connectivity index (χ3v) is 8.28. The quantitative estimate of drug-likeness (QED) is 0.361. The number of nitrogens with two attached hydrogens (primary N) is 1. The number of urea groups is 1. The zero-order valence-corrected chi connectivity index (χ0v) is 21.8. The van der Waals surface area contributed by atoms with E-state index in [4.69, 9.17) is 10.7 Å². The zero-order valence-electron chi connectivity index (χ0n) is 21.0. The lowest BCUT2D eigenvalue weighted by atomic mass is 9.91. The van der Waals surface area contributed by atoms with Gasteiger partial charge in [-0.05, 0) is 55.9 Å². The predicted octanol–water partition coefficient (Wildman–Crippen LogP) is 3.24. The van der Waals surface area contributed by atoms with Gasteiger partial charge in [0, 0.05) is 43.5 Å². The zero-order chi connectivity index (χ0) is 26.0. The van der Waals surface area contributed by atoms with Crippen LogP contribution in [0.15, 0.2) is 41.4 Å². The number of amides is 2. The average Bonchev–Trinajstić information content (AvgIpc) is 3.25. The normalized spacial score (nSPS) is 18.5. The first kappa shape index (κ1) is 25.7. The van der Waals surface area contributed by atoms with Crippen molar-refractivity contribution in [3.63, 3.8) is 0 Å². The van der Waals surface area contributed by atoms with Gasteiger partial charge in [0.1, 0.15) is 11.6 Å². The van der Waals surface area contributed by atoms with Crippen LogP contribution >= 0.6 is 0 Å². The van der Waals surface area contributed by atoms with Gasteiger partial charge in [-0.2, -0.15) is 9.61 Å². The van der Waals surface area contributed by atoms with Crippen molar-refractivity contribution in [2.75, 3.05) is 24.7 Å². The highest BCUT2D eigenvalue weighted by molar-refractivity contribution is 7.89. The SMILES string of the molecule is CC(C)c1cnn2c(Nc3ccc(S(=O)(=O)N(C)C)cc3)cc(NC3CCC(NC(N)=O)CC3)nc12. The summed E-state index contributed by atoms with van der Waals surface area (Å²) >= 11 is 0. The number of benzene rings is 1. The molecule has 0 atom stereocenters. The molecule has 0 saturated heterocycles. The third-order valence-electron chi connectivity index (χ3n) is 6.45. The number of fused-ring (bicyclic) bond motifs is 1. The molecule has 0 aliphatic heterocycles. The maximum atomic E-state index is 12.4. The van der Waals surface area contributed by atoms with E-state index in [2.05, 4.69) is 34.9 Å². The smallest absolute Gasteiger partial charge is 0.312 e. The van der Waals surface area contributed by atoms with E-state index in [9.17, 15) is 13.2 Å².